The molecule has 26 heavy (non-hydrogen) atoms. The minimum atomic E-state index is -0.951. The number of hydrogen-bond donors (Lipinski definition) is 3. The van der Waals surface area contributed by atoms with Crippen molar-refractivity contribution in [1.29, 1.82) is 0 Å². The zero-order chi connectivity index (χ0) is 18.8. The number of H-pyrrole nitrogens is 1. The van der Waals surface area contributed by atoms with Gasteiger partial charge in [0.05, 0.1) is 24.5 Å². The zero-order valence-electron chi connectivity index (χ0n) is 13.8. The molecule has 0 spiro atoms. The highest BCUT2D eigenvalue weighted by molar-refractivity contribution is 5.93. The lowest BCUT2D eigenvalue weighted by Crippen LogP contribution is -2.27. The highest BCUT2D eigenvalue weighted by atomic mass is 19.1. The Kier molecular flexibility index (Phi) is 4.63. The Morgan fingerprint density at radius 2 is 2.31 bits per heavy atom. The summed E-state index contributed by atoms with van der Waals surface area (Å²) in [6, 6.07) is 1.07. The summed E-state index contributed by atoms with van der Waals surface area (Å²) in [5, 5.41) is 9.48. The van der Waals surface area contributed by atoms with Crippen molar-refractivity contribution < 1.29 is 14.3 Å². The second kappa shape index (κ2) is 6.89. The van der Waals surface area contributed by atoms with E-state index in [2.05, 4.69) is 15.0 Å². The number of hydrogen-bond acceptors (Lipinski definition) is 5. The van der Waals surface area contributed by atoms with Crippen LogP contribution in [0.25, 0.3) is 28.5 Å². The predicted molar refractivity (Wildman–Crippen MR) is 93.5 cm³/mol. The summed E-state index contributed by atoms with van der Waals surface area (Å²) in [6.45, 7) is 1.45. The topological polar surface area (TPSA) is 127 Å². The van der Waals surface area contributed by atoms with Crippen LogP contribution in [0.3, 0.4) is 0 Å². The molecular formula is C17H16FN5O3. The maximum atomic E-state index is 14.0. The molecule has 3 rings (SSSR count). The predicted octanol–water partition coefficient (Wildman–Crippen LogP) is 0.805. The van der Waals surface area contributed by atoms with Gasteiger partial charge in [-0.25, -0.2) is 14.4 Å². The fraction of sp³-hybridized carbons (Fsp3) is 0.176. The van der Waals surface area contributed by atoms with E-state index in [0.717, 1.165) is 10.6 Å². The molecule has 9 heteroatoms. The van der Waals surface area contributed by atoms with E-state index in [-0.39, 0.29) is 6.54 Å². The summed E-state index contributed by atoms with van der Waals surface area (Å²) < 4.78 is 15.1. The number of fused-ring (bicyclic) bond motifs is 1. The summed E-state index contributed by atoms with van der Waals surface area (Å²) in [7, 11) is 0. The Bertz CT molecular complexity index is 1070. The van der Waals surface area contributed by atoms with Gasteiger partial charge in [0.2, 0.25) is 5.91 Å². The first-order valence-corrected chi connectivity index (χ1v) is 7.75. The van der Waals surface area contributed by atoms with Crippen molar-refractivity contribution in [2.45, 2.75) is 19.6 Å². The van der Waals surface area contributed by atoms with Gasteiger partial charge in [-0.2, -0.15) is 0 Å². The van der Waals surface area contributed by atoms with E-state index in [9.17, 15) is 19.1 Å². The highest BCUT2D eigenvalue weighted by Gasteiger charge is 2.12. The molecule has 1 atom stereocenters. The molecule has 0 saturated carbocycles. The molecule has 0 aliphatic carbocycles. The number of nitrogens with one attached hydrogen (secondary N) is 1. The lowest BCUT2D eigenvalue weighted by Gasteiger charge is -2.10. The number of aliphatic hydroxyl groups is 1. The standard InChI is InChI=1S/C17H16FN5O3/c1-9(24)7-23-8-11(4-12(18)17(23)26)13-6-21-16-15(22-13)10(5-20-16)2-3-14(19)25/h2-6,8-9,24H,7H2,1H3,(H2,19,25)(H,20,21)/b3-2+/t9-/m0/s1. The molecule has 0 saturated heterocycles. The molecule has 1 amide bonds. The molecular weight excluding hydrogens is 341 g/mol. The van der Waals surface area contributed by atoms with Gasteiger partial charge in [0, 0.05) is 29.6 Å². The molecule has 3 aromatic rings. The van der Waals surface area contributed by atoms with Gasteiger partial charge >= 0.3 is 0 Å². The third-order valence-corrected chi connectivity index (χ3v) is 3.64. The first kappa shape index (κ1) is 17.5. The number of pyridine rings is 1. The number of carbonyl (C=O) groups excluding carboxylic acids is 1. The fourth-order valence-corrected chi connectivity index (χ4v) is 2.51. The summed E-state index contributed by atoms with van der Waals surface area (Å²) in [6.07, 6.45) is 6.34. The average Bonchev–Trinajstić information content (AvgIpc) is 2.98. The average molecular weight is 357 g/mol. The smallest absolute Gasteiger partial charge is 0.286 e. The second-order valence-electron chi connectivity index (χ2n) is 5.82. The maximum absolute atomic E-state index is 14.0. The number of aliphatic hydroxyl groups excluding tert-OH is 1. The molecule has 0 aliphatic heterocycles. The van der Waals surface area contributed by atoms with Gasteiger partial charge in [-0.05, 0) is 19.1 Å². The van der Waals surface area contributed by atoms with Crippen molar-refractivity contribution in [3.63, 3.8) is 0 Å². The van der Waals surface area contributed by atoms with Crippen molar-refractivity contribution in [3.8, 4) is 11.3 Å². The largest absolute Gasteiger partial charge is 0.392 e. The Morgan fingerprint density at radius 3 is 3.00 bits per heavy atom. The number of aromatic amines is 1. The first-order chi connectivity index (χ1) is 12.3. The molecule has 4 N–H and O–H groups in total. The van der Waals surface area contributed by atoms with Gasteiger partial charge in [-0.3, -0.25) is 9.59 Å². The number of nitrogens with zero attached hydrogens (tertiary/aromatic N) is 3. The second-order valence-corrected chi connectivity index (χ2v) is 5.82. The monoisotopic (exact) mass is 357 g/mol. The molecule has 8 nitrogen and oxygen atoms in total. The van der Waals surface area contributed by atoms with Crippen molar-refractivity contribution >= 4 is 23.1 Å². The quantitative estimate of drug-likeness (QED) is 0.582. The Hall–Kier alpha value is -3.33. The van der Waals surface area contributed by atoms with E-state index >= 15 is 0 Å². The lowest BCUT2D eigenvalue weighted by molar-refractivity contribution is -0.113. The SMILES string of the molecule is C[C@H](O)Cn1cc(-c2cnc3[nH]cc(/C=C/C(N)=O)c3n2)cc(F)c1=O. The van der Waals surface area contributed by atoms with Crippen LogP contribution >= 0.6 is 0 Å². The third kappa shape index (κ3) is 3.52. The van der Waals surface area contributed by atoms with Crippen LogP contribution in [0.15, 0.2) is 35.5 Å². The number of amides is 1. The number of aromatic nitrogens is 4. The number of rotatable bonds is 5. The number of carbonyl (C=O) groups is 1. The van der Waals surface area contributed by atoms with Crippen LogP contribution in [0, 0.1) is 5.82 Å². The van der Waals surface area contributed by atoms with E-state index in [1.54, 1.807) is 6.20 Å². The van der Waals surface area contributed by atoms with Crippen LogP contribution < -0.4 is 11.3 Å². The zero-order valence-corrected chi connectivity index (χ0v) is 13.8. The van der Waals surface area contributed by atoms with Crippen LogP contribution in [-0.4, -0.2) is 36.6 Å². The Labute approximate surface area is 146 Å². The van der Waals surface area contributed by atoms with Gasteiger partial charge in [0.25, 0.3) is 5.56 Å². The summed E-state index contributed by atoms with van der Waals surface area (Å²) in [5.41, 5.74) is 6.48. The maximum Gasteiger partial charge on any atom is 0.286 e. The van der Waals surface area contributed by atoms with E-state index in [0.29, 0.717) is 28.0 Å². The molecule has 0 unspecified atom stereocenters. The van der Waals surface area contributed by atoms with Crippen molar-refractivity contribution in [3.05, 3.63) is 52.5 Å². The number of halogens is 1. The van der Waals surface area contributed by atoms with Crippen molar-refractivity contribution in [2.75, 3.05) is 0 Å². The molecule has 0 bridgehead atoms. The molecule has 0 radical (unpaired) electrons. The normalized spacial score (nSPS) is 12.7. The van der Waals surface area contributed by atoms with E-state index in [4.69, 9.17) is 5.73 Å². The third-order valence-electron chi connectivity index (χ3n) is 3.64. The highest BCUT2D eigenvalue weighted by Crippen LogP contribution is 2.21. The van der Waals surface area contributed by atoms with E-state index < -0.39 is 23.4 Å². The molecule has 134 valence electrons. The van der Waals surface area contributed by atoms with Gasteiger partial charge < -0.3 is 20.4 Å². The van der Waals surface area contributed by atoms with Crippen LogP contribution in [0.5, 0.6) is 0 Å². The van der Waals surface area contributed by atoms with Gasteiger partial charge in [-0.15, -0.1) is 0 Å². The van der Waals surface area contributed by atoms with Gasteiger partial charge in [0.1, 0.15) is 5.52 Å². The minimum Gasteiger partial charge on any atom is -0.392 e. The van der Waals surface area contributed by atoms with E-state index in [1.165, 1.54) is 31.5 Å². The van der Waals surface area contributed by atoms with Crippen LogP contribution in [0.1, 0.15) is 12.5 Å². The fourth-order valence-electron chi connectivity index (χ4n) is 2.51. The molecule has 0 aliphatic rings. The summed E-state index contributed by atoms with van der Waals surface area (Å²) in [4.78, 5) is 34.3. The molecule has 3 heterocycles. The minimum absolute atomic E-state index is 0.0456. The summed E-state index contributed by atoms with van der Waals surface area (Å²) >= 11 is 0. The van der Waals surface area contributed by atoms with Crippen molar-refractivity contribution in [2.24, 2.45) is 5.73 Å². The number of nitrogens with two attached hydrogens (primary N) is 1. The first-order valence-electron chi connectivity index (χ1n) is 7.75. The van der Waals surface area contributed by atoms with Crippen molar-refractivity contribution in [1.82, 2.24) is 19.5 Å². The molecule has 0 aromatic carbocycles. The summed E-state index contributed by atoms with van der Waals surface area (Å²) in [5.74, 6) is -1.55. The van der Waals surface area contributed by atoms with Crippen LogP contribution in [0.4, 0.5) is 4.39 Å². The van der Waals surface area contributed by atoms with E-state index in [1.807, 2.05) is 0 Å². The van der Waals surface area contributed by atoms with Gasteiger partial charge in [0.15, 0.2) is 11.5 Å². The number of primary amides is 1. The molecule has 3 aromatic heterocycles. The van der Waals surface area contributed by atoms with Crippen LogP contribution in [-0.2, 0) is 11.3 Å². The van der Waals surface area contributed by atoms with Gasteiger partial charge in [-0.1, -0.05) is 0 Å². The van der Waals surface area contributed by atoms with Crippen LogP contribution in [0.2, 0.25) is 0 Å². The Morgan fingerprint density at radius 1 is 1.54 bits per heavy atom. The molecule has 0 fully saturated rings. The Balaban J connectivity index is 2.10. The lowest BCUT2D eigenvalue weighted by atomic mass is 10.2.